The Bertz CT molecular complexity index is 947. The summed E-state index contributed by atoms with van der Waals surface area (Å²) in [5.41, 5.74) is 0.446. The van der Waals surface area contributed by atoms with Crippen LogP contribution in [0, 0.1) is 5.82 Å². The van der Waals surface area contributed by atoms with Crippen LogP contribution in [0.3, 0.4) is 0 Å². The monoisotopic (exact) mass is 413 g/mol. The zero-order valence-corrected chi connectivity index (χ0v) is 16.3. The van der Waals surface area contributed by atoms with Gasteiger partial charge >= 0.3 is 0 Å². The first-order valence-corrected chi connectivity index (χ1v) is 11.1. The van der Waals surface area contributed by atoms with Crippen LogP contribution >= 0.6 is 11.8 Å². The lowest BCUT2D eigenvalue weighted by molar-refractivity contribution is -0.120. The fraction of sp³-hybridized carbons (Fsp3) is 0.438. The van der Waals surface area contributed by atoms with Crippen molar-refractivity contribution in [1.29, 1.82) is 0 Å². The summed E-state index contributed by atoms with van der Waals surface area (Å²) in [5, 5.41) is 10.5. The average Bonchev–Trinajstić information content (AvgIpc) is 3.12. The standard InChI is InChI=1S/C16H20FN5O3S2/c1-10(15(23)19-12-6-7-27(24,25)9-12)26-16-21-20-14(22(16)18)8-11-4-2-3-5-13(11)17/h2-5,10,12H,6-9,18H2,1H3,(H,19,23)/t10-,12+/m0/s1. The van der Waals surface area contributed by atoms with Crippen molar-refractivity contribution in [2.45, 2.75) is 36.2 Å². The number of nitrogen functional groups attached to an aromatic ring is 1. The molecule has 1 aliphatic heterocycles. The molecule has 1 aromatic heterocycles. The molecule has 1 amide bonds. The number of halogens is 1. The lowest BCUT2D eigenvalue weighted by atomic mass is 10.1. The molecular formula is C16H20FN5O3S2. The lowest BCUT2D eigenvalue weighted by Gasteiger charge is -2.15. The smallest absolute Gasteiger partial charge is 0.233 e. The third kappa shape index (κ3) is 4.78. The molecule has 3 N–H and O–H groups in total. The fourth-order valence-corrected chi connectivity index (χ4v) is 5.23. The number of hydrogen-bond acceptors (Lipinski definition) is 7. The molecule has 8 nitrogen and oxygen atoms in total. The van der Waals surface area contributed by atoms with Gasteiger partial charge in [-0.1, -0.05) is 30.0 Å². The van der Waals surface area contributed by atoms with Crippen LogP contribution in [0.4, 0.5) is 4.39 Å². The van der Waals surface area contributed by atoms with E-state index in [2.05, 4.69) is 15.5 Å². The van der Waals surface area contributed by atoms with Crippen molar-refractivity contribution in [2.75, 3.05) is 17.3 Å². The van der Waals surface area contributed by atoms with E-state index in [9.17, 15) is 17.6 Å². The van der Waals surface area contributed by atoms with Gasteiger partial charge in [-0.3, -0.25) is 4.79 Å². The maximum absolute atomic E-state index is 13.8. The van der Waals surface area contributed by atoms with E-state index in [4.69, 9.17) is 5.84 Å². The van der Waals surface area contributed by atoms with Gasteiger partial charge in [-0.25, -0.2) is 17.5 Å². The summed E-state index contributed by atoms with van der Waals surface area (Å²) < 4.78 is 38.0. The Labute approximate surface area is 160 Å². The molecule has 0 aliphatic carbocycles. The highest BCUT2D eigenvalue weighted by Crippen LogP contribution is 2.22. The van der Waals surface area contributed by atoms with Gasteiger partial charge in [0.1, 0.15) is 5.82 Å². The highest BCUT2D eigenvalue weighted by atomic mass is 32.2. The van der Waals surface area contributed by atoms with Gasteiger partial charge in [-0.2, -0.15) is 0 Å². The Balaban J connectivity index is 1.61. The summed E-state index contributed by atoms with van der Waals surface area (Å²) in [6.07, 6.45) is 0.600. The first-order valence-electron chi connectivity index (χ1n) is 8.35. The van der Waals surface area contributed by atoms with Crippen molar-refractivity contribution in [2.24, 2.45) is 0 Å². The van der Waals surface area contributed by atoms with Gasteiger partial charge in [0.2, 0.25) is 11.1 Å². The highest BCUT2D eigenvalue weighted by molar-refractivity contribution is 8.00. The summed E-state index contributed by atoms with van der Waals surface area (Å²) in [6, 6.07) is 5.96. The SMILES string of the molecule is C[C@H](Sc1nnc(Cc2ccccc2F)n1N)C(=O)N[C@@H]1CCS(=O)(=O)C1. The van der Waals surface area contributed by atoms with Crippen LogP contribution in [0.2, 0.25) is 0 Å². The predicted octanol–water partition coefficient (Wildman–Crippen LogP) is 0.506. The van der Waals surface area contributed by atoms with E-state index in [1.807, 2.05) is 0 Å². The van der Waals surface area contributed by atoms with E-state index in [1.54, 1.807) is 25.1 Å². The third-order valence-corrected chi connectivity index (χ3v) is 7.10. The molecule has 2 heterocycles. The lowest BCUT2D eigenvalue weighted by Crippen LogP contribution is -2.40. The fourth-order valence-electron chi connectivity index (χ4n) is 2.76. The van der Waals surface area contributed by atoms with Crippen molar-refractivity contribution in [3.63, 3.8) is 0 Å². The molecule has 1 saturated heterocycles. The van der Waals surface area contributed by atoms with E-state index in [0.29, 0.717) is 23.0 Å². The number of sulfone groups is 1. The number of rotatable bonds is 6. The second-order valence-electron chi connectivity index (χ2n) is 6.41. The van der Waals surface area contributed by atoms with Crippen LogP contribution in [-0.4, -0.2) is 52.0 Å². The minimum Gasteiger partial charge on any atom is -0.351 e. The van der Waals surface area contributed by atoms with Gasteiger partial charge in [0, 0.05) is 12.5 Å². The number of nitrogens with two attached hydrogens (primary N) is 1. The minimum atomic E-state index is -3.06. The number of benzene rings is 1. The number of carbonyl (C=O) groups excluding carboxylic acids is 1. The number of nitrogens with one attached hydrogen (secondary N) is 1. The number of amides is 1. The van der Waals surface area contributed by atoms with Crippen LogP contribution in [0.1, 0.15) is 24.7 Å². The molecule has 2 aromatic rings. The highest BCUT2D eigenvalue weighted by Gasteiger charge is 2.30. The molecule has 1 aromatic carbocycles. The molecule has 146 valence electrons. The van der Waals surface area contributed by atoms with E-state index in [0.717, 1.165) is 11.8 Å². The minimum absolute atomic E-state index is 0.0318. The van der Waals surface area contributed by atoms with Crippen LogP contribution in [0.5, 0.6) is 0 Å². The first-order chi connectivity index (χ1) is 12.7. The molecular weight excluding hydrogens is 393 g/mol. The predicted molar refractivity (Wildman–Crippen MR) is 99.9 cm³/mol. The second-order valence-corrected chi connectivity index (χ2v) is 9.94. The Morgan fingerprint density at radius 2 is 2.19 bits per heavy atom. The van der Waals surface area contributed by atoms with Crippen LogP contribution in [-0.2, 0) is 21.1 Å². The Morgan fingerprint density at radius 3 is 2.85 bits per heavy atom. The average molecular weight is 414 g/mol. The second kappa shape index (κ2) is 7.85. The van der Waals surface area contributed by atoms with Crippen LogP contribution in [0.15, 0.2) is 29.4 Å². The Morgan fingerprint density at radius 1 is 1.44 bits per heavy atom. The summed E-state index contributed by atoms with van der Waals surface area (Å²) in [5.74, 6) is 5.78. The molecule has 1 fully saturated rings. The van der Waals surface area contributed by atoms with Gasteiger partial charge in [0.25, 0.3) is 0 Å². The van der Waals surface area contributed by atoms with E-state index in [1.165, 1.54) is 10.7 Å². The summed E-state index contributed by atoms with van der Waals surface area (Å²) in [6.45, 7) is 1.68. The van der Waals surface area contributed by atoms with E-state index >= 15 is 0 Å². The van der Waals surface area contributed by atoms with Gasteiger partial charge in [0.05, 0.1) is 16.8 Å². The normalized spacial score (nSPS) is 19.7. The topological polar surface area (TPSA) is 120 Å². The zero-order valence-electron chi connectivity index (χ0n) is 14.6. The largest absolute Gasteiger partial charge is 0.351 e. The number of carbonyl (C=O) groups is 1. The molecule has 0 bridgehead atoms. The molecule has 11 heteroatoms. The number of hydrogen-bond donors (Lipinski definition) is 2. The molecule has 3 rings (SSSR count). The maximum atomic E-state index is 13.8. The molecule has 1 aliphatic rings. The zero-order chi connectivity index (χ0) is 19.6. The molecule has 0 spiro atoms. The van der Waals surface area contributed by atoms with Crippen molar-refractivity contribution < 1.29 is 17.6 Å². The molecule has 0 radical (unpaired) electrons. The Hall–Kier alpha value is -2.14. The van der Waals surface area contributed by atoms with E-state index in [-0.39, 0.29) is 35.7 Å². The molecule has 27 heavy (non-hydrogen) atoms. The number of thioether (sulfide) groups is 1. The summed E-state index contributed by atoms with van der Waals surface area (Å²) in [4.78, 5) is 12.3. The van der Waals surface area contributed by atoms with Crippen LogP contribution < -0.4 is 11.2 Å². The van der Waals surface area contributed by atoms with Crippen molar-refractivity contribution >= 4 is 27.5 Å². The summed E-state index contributed by atoms with van der Waals surface area (Å²) in [7, 11) is -3.06. The van der Waals surface area contributed by atoms with Gasteiger partial charge in [-0.05, 0) is 25.0 Å². The Kier molecular flexibility index (Phi) is 5.70. The quantitative estimate of drug-likeness (QED) is 0.523. The molecule has 2 atom stereocenters. The maximum Gasteiger partial charge on any atom is 0.233 e. The van der Waals surface area contributed by atoms with Gasteiger partial charge < -0.3 is 11.2 Å². The van der Waals surface area contributed by atoms with Crippen molar-refractivity contribution in [1.82, 2.24) is 20.2 Å². The van der Waals surface area contributed by atoms with E-state index < -0.39 is 15.1 Å². The third-order valence-electron chi connectivity index (χ3n) is 4.27. The van der Waals surface area contributed by atoms with Gasteiger partial charge in [0.15, 0.2) is 15.7 Å². The first kappa shape index (κ1) is 19.6. The van der Waals surface area contributed by atoms with Crippen molar-refractivity contribution in [3.8, 4) is 0 Å². The number of nitrogens with zero attached hydrogens (tertiary/aromatic N) is 3. The van der Waals surface area contributed by atoms with Crippen LogP contribution in [0.25, 0.3) is 0 Å². The summed E-state index contributed by atoms with van der Waals surface area (Å²) >= 11 is 1.11. The number of aromatic nitrogens is 3. The van der Waals surface area contributed by atoms with Gasteiger partial charge in [-0.15, -0.1) is 10.2 Å². The molecule has 0 unspecified atom stereocenters. The molecule has 0 saturated carbocycles. The van der Waals surface area contributed by atoms with Crippen molar-refractivity contribution in [3.05, 3.63) is 41.5 Å².